The molecule has 0 unspecified atom stereocenters. The van der Waals surface area contributed by atoms with Gasteiger partial charge in [-0.05, 0) is 76.6 Å². The van der Waals surface area contributed by atoms with Gasteiger partial charge in [0, 0.05) is 29.9 Å². The molecule has 1 heterocycles. The van der Waals surface area contributed by atoms with Crippen LogP contribution in [0.15, 0.2) is 30.5 Å². The number of nitrogens with one attached hydrogen (secondary N) is 7. The van der Waals surface area contributed by atoms with Gasteiger partial charge >= 0.3 is 17.9 Å². The standard InChI is InChI=1S/C40H61N11O14/c1-20(52)33(44)39(63)51-28(17-30(43)53)37(61)46-24(10-4-6-14-41)34(58)49-27(16-21-19-45-23-9-3-2-8-22(21)23)36(60)47-25(12-13-31(54)55)35(59)50-29(18-32(56)57)38(62)48-26(40(64)65)11-5-7-15-42/h2-3,8-9,19-20,24-29,33,45,52H,4-7,10-18,41-42,44H2,1H3,(H2,43,53)(H,46,61)(H,47,60)(H,48,62)(H,49,58)(H,50,59)(H,51,63)(H,54,55)(H,56,57)(H,64,65)/t20-,24+,25+,26+,27+,28+,29+,33+/m1/s1. The fraction of sp³-hybridized carbons (Fsp3) is 0.550. The second-order valence-corrected chi connectivity index (χ2v) is 15.3. The number of rotatable bonds is 31. The Hall–Kier alpha value is -6.70. The minimum Gasteiger partial charge on any atom is -0.481 e. The summed E-state index contributed by atoms with van der Waals surface area (Å²) in [6.45, 7) is 1.65. The van der Waals surface area contributed by atoms with Crippen LogP contribution in [0.2, 0.25) is 0 Å². The maximum atomic E-state index is 14.3. The summed E-state index contributed by atoms with van der Waals surface area (Å²) in [4.78, 5) is 132. The monoisotopic (exact) mass is 919 g/mol. The van der Waals surface area contributed by atoms with Crippen LogP contribution in [0.1, 0.15) is 76.7 Å². The third-order valence-electron chi connectivity index (χ3n) is 10.0. The number of aromatic nitrogens is 1. The number of aromatic amines is 1. The highest BCUT2D eigenvalue weighted by atomic mass is 16.4. The molecule has 7 amide bonds. The molecular formula is C40H61N11O14. The average Bonchev–Trinajstić information content (AvgIpc) is 3.65. The number of benzene rings is 1. The predicted octanol–water partition coefficient (Wildman–Crippen LogP) is -4.12. The zero-order valence-electron chi connectivity index (χ0n) is 35.9. The number of primary amides is 1. The van der Waals surface area contributed by atoms with Crippen LogP contribution < -0.4 is 54.8 Å². The maximum Gasteiger partial charge on any atom is 0.326 e. The Labute approximate surface area is 372 Å². The van der Waals surface area contributed by atoms with E-state index in [-0.39, 0.29) is 45.2 Å². The van der Waals surface area contributed by atoms with Crippen molar-refractivity contribution in [2.24, 2.45) is 22.9 Å². The number of unbranched alkanes of at least 4 members (excludes halogenated alkanes) is 2. The lowest BCUT2D eigenvalue weighted by Gasteiger charge is -2.27. The molecule has 0 saturated carbocycles. The van der Waals surface area contributed by atoms with Crippen molar-refractivity contribution in [2.75, 3.05) is 13.1 Å². The lowest BCUT2D eigenvalue weighted by Crippen LogP contribution is -2.60. The molecule has 0 aliphatic heterocycles. The molecule has 0 radical (unpaired) electrons. The van der Waals surface area contributed by atoms with Crippen molar-refractivity contribution in [3.05, 3.63) is 36.0 Å². The summed E-state index contributed by atoms with van der Waals surface area (Å²) >= 11 is 0. The Kier molecular flexibility index (Phi) is 23.0. The van der Waals surface area contributed by atoms with Crippen LogP contribution in [0.3, 0.4) is 0 Å². The van der Waals surface area contributed by atoms with E-state index in [2.05, 4.69) is 36.9 Å². The third kappa shape index (κ3) is 18.9. The molecule has 0 bridgehead atoms. The highest BCUT2D eigenvalue weighted by molar-refractivity contribution is 5.99. The van der Waals surface area contributed by atoms with Gasteiger partial charge in [-0.15, -0.1) is 0 Å². The minimum atomic E-state index is -1.90. The molecule has 0 saturated heterocycles. The van der Waals surface area contributed by atoms with E-state index in [0.717, 1.165) is 0 Å². The van der Waals surface area contributed by atoms with E-state index in [4.69, 9.17) is 22.9 Å². The molecule has 65 heavy (non-hydrogen) atoms. The molecule has 0 fully saturated rings. The van der Waals surface area contributed by atoms with E-state index >= 15 is 0 Å². The van der Waals surface area contributed by atoms with E-state index in [1.165, 1.54) is 6.92 Å². The van der Waals surface area contributed by atoms with Crippen LogP contribution in [0.4, 0.5) is 0 Å². The Morgan fingerprint density at radius 3 is 1.58 bits per heavy atom. The second-order valence-electron chi connectivity index (χ2n) is 15.3. The third-order valence-corrected chi connectivity index (χ3v) is 10.0. The highest BCUT2D eigenvalue weighted by Gasteiger charge is 2.35. The molecule has 19 N–H and O–H groups in total. The van der Waals surface area contributed by atoms with E-state index in [0.29, 0.717) is 29.3 Å². The van der Waals surface area contributed by atoms with Gasteiger partial charge < -0.3 is 80.2 Å². The first kappa shape index (κ1) is 54.4. The lowest BCUT2D eigenvalue weighted by molar-refractivity contribution is -0.144. The Balaban J connectivity index is 2.53. The number of aliphatic carboxylic acids is 3. The molecule has 1 aromatic heterocycles. The van der Waals surface area contributed by atoms with E-state index in [9.17, 15) is 68.4 Å². The molecule has 1 aromatic carbocycles. The smallest absolute Gasteiger partial charge is 0.326 e. The molecule has 360 valence electrons. The number of carbonyl (C=O) groups excluding carboxylic acids is 7. The van der Waals surface area contributed by atoms with Crippen molar-refractivity contribution in [1.82, 2.24) is 36.9 Å². The topological polar surface area (TPSA) is 444 Å². The molecule has 2 rings (SSSR count). The first-order valence-electron chi connectivity index (χ1n) is 20.8. The van der Waals surface area contributed by atoms with Gasteiger partial charge in [0.1, 0.15) is 42.3 Å². The normalized spacial score (nSPS) is 14.8. The van der Waals surface area contributed by atoms with Crippen molar-refractivity contribution < 1.29 is 68.4 Å². The second kappa shape index (κ2) is 27.5. The van der Waals surface area contributed by atoms with Gasteiger partial charge in [-0.1, -0.05) is 18.2 Å². The molecule has 0 spiro atoms. The summed E-state index contributed by atoms with van der Waals surface area (Å²) in [7, 11) is 0. The Morgan fingerprint density at radius 2 is 1.06 bits per heavy atom. The van der Waals surface area contributed by atoms with Gasteiger partial charge in [-0.25, -0.2) is 4.79 Å². The van der Waals surface area contributed by atoms with Gasteiger partial charge in [0.25, 0.3) is 0 Å². The van der Waals surface area contributed by atoms with Crippen molar-refractivity contribution in [2.45, 2.75) is 126 Å². The van der Waals surface area contributed by atoms with E-state index in [1.807, 2.05) is 0 Å². The molecule has 8 atom stereocenters. The number of hydrogen-bond acceptors (Lipinski definition) is 14. The van der Waals surface area contributed by atoms with Crippen LogP contribution in [-0.4, -0.2) is 146 Å². The van der Waals surface area contributed by atoms with E-state index in [1.54, 1.807) is 30.5 Å². The van der Waals surface area contributed by atoms with Gasteiger partial charge in [-0.3, -0.25) is 43.2 Å². The van der Waals surface area contributed by atoms with Crippen molar-refractivity contribution in [1.29, 1.82) is 0 Å². The number of carboxylic acid groups (broad SMARTS) is 3. The number of H-pyrrole nitrogens is 1. The lowest BCUT2D eigenvalue weighted by atomic mass is 10.0. The van der Waals surface area contributed by atoms with Crippen molar-refractivity contribution >= 4 is 70.2 Å². The molecule has 25 heteroatoms. The largest absolute Gasteiger partial charge is 0.481 e. The number of aliphatic hydroxyl groups excluding tert-OH is 1. The van der Waals surface area contributed by atoms with E-state index < -0.39 is 133 Å². The summed E-state index contributed by atoms with van der Waals surface area (Å²) in [5.41, 5.74) is 23.3. The molecule has 0 aliphatic rings. The van der Waals surface area contributed by atoms with Crippen LogP contribution >= 0.6 is 0 Å². The average molecular weight is 920 g/mol. The van der Waals surface area contributed by atoms with Crippen LogP contribution in [0.25, 0.3) is 10.9 Å². The molecule has 25 nitrogen and oxygen atoms in total. The zero-order chi connectivity index (χ0) is 48.8. The fourth-order valence-corrected chi connectivity index (χ4v) is 6.42. The summed E-state index contributed by atoms with van der Waals surface area (Å²) in [5, 5.41) is 53.1. The van der Waals surface area contributed by atoms with Gasteiger partial charge in [0.05, 0.1) is 18.9 Å². The molecular weight excluding hydrogens is 859 g/mol. The van der Waals surface area contributed by atoms with Crippen LogP contribution in [0, 0.1) is 0 Å². The minimum absolute atomic E-state index is 0.0758. The van der Waals surface area contributed by atoms with Crippen molar-refractivity contribution in [3.63, 3.8) is 0 Å². The summed E-state index contributed by atoms with van der Waals surface area (Å²) in [6.07, 6.45) is -2.03. The maximum absolute atomic E-state index is 14.3. The van der Waals surface area contributed by atoms with Crippen LogP contribution in [0.5, 0.6) is 0 Å². The highest BCUT2D eigenvalue weighted by Crippen LogP contribution is 2.20. The predicted molar refractivity (Wildman–Crippen MR) is 230 cm³/mol. The summed E-state index contributed by atoms with van der Waals surface area (Å²) in [6, 6.07) is -4.48. The first-order valence-corrected chi connectivity index (χ1v) is 20.8. The Morgan fingerprint density at radius 1 is 0.600 bits per heavy atom. The summed E-state index contributed by atoms with van der Waals surface area (Å²) in [5.74, 6) is -12.0. The van der Waals surface area contributed by atoms with Crippen LogP contribution in [-0.2, 0) is 54.4 Å². The number of carboxylic acids is 3. The number of aliphatic hydroxyl groups is 1. The first-order chi connectivity index (χ1) is 30.7. The quantitative estimate of drug-likeness (QED) is 0.0320. The number of amides is 7. The summed E-state index contributed by atoms with van der Waals surface area (Å²) < 4.78 is 0. The number of nitrogens with two attached hydrogens (primary N) is 4. The molecule has 2 aromatic rings. The van der Waals surface area contributed by atoms with Gasteiger partial charge in [0.15, 0.2) is 0 Å². The van der Waals surface area contributed by atoms with Gasteiger partial charge in [-0.2, -0.15) is 0 Å². The number of fused-ring (bicyclic) bond motifs is 1. The Bertz CT molecular complexity index is 1990. The zero-order valence-corrected chi connectivity index (χ0v) is 35.9. The van der Waals surface area contributed by atoms with Gasteiger partial charge in [0.2, 0.25) is 41.4 Å². The molecule has 0 aliphatic carbocycles. The fourth-order valence-electron chi connectivity index (χ4n) is 6.42. The van der Waals surface area contributed by atoms with Crippen molar-refractivity contribution in [3.8, 4) is 0 Å². The number of hydrogen-bond donors (Lipinski definition) is 15. The SMILES string of the molecule is C[C@@H](O)[C@H](N)C(=O)N[C@@H](CC(N)=O)C(=O)N[C@@H](CCCCN)C(=O)N[C@@H](Cc1c[nH]c2ccccc12)C(=O)N[C@@H](CCC(=O)O)C(=O)N[C@@H](CC(=O)O)C(=O)N[C@@H](CCCCN)C(=O)O. The number of para-hydroxylation sites is 1. The number of carbonyl (C=O) groups is 10.